The fourth-order valence-electron chi connectivity index (χ4n) is 6.07. The molecule has 0 aliphatic carbocycles. The topological polar surface area (TPSA) is 74.2 Å². The number of rotatable bonds is 25. The first kappa shape index (κ1) is 55.9. The third-order valence-electron chi connectivity index (χ3n) is 9.80. The Morgan fingerprint density at radius 3 is 1.66 bits per heavy atom. The normalized spacial score (nSPS) is 15.8. The van der Waals surface area contributed by atoms with Crippen LogP contribution in [0.3, 0.4) is 0 Å². The van der Waals surface area contributed by atoms with Gasteiger partial charge in [-0.2, -0.15) is 74.6 Å². The van der Waals surface area contributed by atoms with E-state index >= 15 is 0 Å². The van der Waals surface area contributed by atoms with Crippen LogP contribution in [0, 0.1) is 0 Å². The summed E-state index contributed by atoms with van der Waals surface area (Å²) in [6, 6.07) is 4.45. The number of allylic oxidation sites excluding steroid dienone is 3. The van der Waals surface area contributed by atoms with Crippen molar-refractivity contribution in [3.05, 3.63) is 53.6 Å². The van der Waals surface area contributed by atoms with Gasteiger partial charge in [0.15, 0.2) is 8.32 Å². The minimum absolute atomic E-state index is 0.159. The maximum absolute atomic E-state index is 14.9. The van der Waals surface area contributed by atoms with Crippen molar-refractivity contribution in [2.24, 2.45) is 0 Å². The molecule has 24 heteroatoms. The van der Waals surface area contributed by atoms with Crippen LogP contribution >= 0.6 is 0 Å². The highest BCUT2D eigenvalue weighted by Crippen LogP contribution is 2.64. The van der Waals surface area contributed by atoms with Crippen LogP contribution in [0.25, 0.3) is 0 Å². The van der Waals surface area contributed by atoms with E-state index in [1.165, 1.54) is 65.1 Å². The third kappa shape index (κ3) is 11.7. The van der Waals surface area contributed by atoms with Gasteiger partial charge in [0.1, 0.15) is 18.5 Å². The van der Waals surface area contributed by atoms with E-state index in [4.69, 9.17) is 18.6 Å². The molecule has 0 amide bonds. The first-order chi connectivity index (χ1) is 27.5. The molecule has 0 aliphatic heterocycles. The minimum atomic E-state index is -8.68. The number of benzene rings is 1. The molecule has 1 aromatic carbocycles. The van der Waals surface area contributed by atoms with E-state index in [9.17, 15) is 84.5 Å². The molecule has 0 radical (unpaired) electrons. The Morgan fingerprint density at radius 2 is 1.21 bits per heavy atom. The fourth-order valence-corrected chi connectivity index (χ4v) is 10.5. The molecular weight excluding hydrogens is 891 g/mol. The van der Waals surface area contributed by atoms with Gasteiger partial charge in [0.2, 0.25) is 0 Å². The molecule has 61 heavy (non-hydrogen) atoms. The van der Waals surface area contributed by atoms with E-state index in [-0.39, 0.29) is 19.0 Å². The zero-order valence-corrected chi connectivity index (χ0v) is 34.7. The van der Waals surface area contributed by atoms with Crippen LogP contribution in [0.15, 0.2) is 48.1 Å². The second kappa shape index (κ2) is 20.6. The summed E-state index contributed by atoms with van der Waals surface area (Å²) in [6.07, 6.45) is -6.61. The second-order valence-corrected chi connectivity index (χ2v) is 19.5. The second-order valence-electron chi connectivity index (χ2n) is 14.5. The van der Waals surface area contributed by atoms with Crippen molar-refractivity contribution >= 4 is 14.3 Å². The monoisotopic (exact) mass is 938 g/mol. The SMILES string of the molecule is CCOC(=O)/C=C(C)/C=C/CC[C@@H](OC)[C@H](O)c1ccc(OCCO[Si](CCC(F)(F)C(F)(F)C(F)(F)C(F)(F)C(F)(F)C(F)(F)C(F)(F)C(F)(F)F)(C(C)C)C(C)C)cc1. The van der Waals surface area contributed by atoms with Gasteiger partial charge in [0.05, 0.1) is 19.3 Å². The van der Waals surface area contributed by atoms with Crippen LogP contribution in [0.1, 0.15) is 72.5 Å². The van der Waals surface area contributed by atoms with Crippen molar-refractivity contribution < 1.29 is 103 Å². The van der Waals surface area contributed by atoms with E-state index in [1.807, 2.05) is 0 Å². The lowest BCUT2D eigenvalue weighted by atomic mass is 9.88. The number of aliphatic hydroxyl groups excluding tert-OH is 1. The Labute approximate surface area is 341 Å². The van der Waals surface area contributed by atoms with Crippen LogP contribution in [0.4, 0.5) is 74.6 Å². The van der Waals surface area contributed by atoms with Crippen LogP contribution in [-0.2, 0) is 18.7 Å². The zero-order chi connectivity index (χ0) is 47.8. The number of carbonyl (C=O) groups is 1. The summed E-state index contributed by atoms with van der Waals surface area (Å²) in [5, 5.41) is 10.8. The molecule has 1 N–H and O–H groups in total. The molecule has 0 heterocycles. The van der Waals surface area contributed by atoms with Crippen molar-refractivity contribution in [3.63, 3.8) is 0 Å². The number of ether oxygens (including phenoxy) is 3. The summed E-state index contributed by atoms with van der Waals surface area (Å²) in [7, 11) is -2.58. The van der Waals surface area contributed by atoms with Gasteiger partial charge < -0.3 is 23.7 Å². The highest BCUT2D eigenvalue weighted by Gasteiger charge is 2.95. The molecule has 1 aromatic rings. The van der Waals surface area contributed by atoms with E-state index < -0.39 is 104 Å². The molecule has 0 unspecified atom stereocenters. The fraction of sp³-hybridized carbons (Fsp3) is 0.703. The van der Waals surface area contributed by atoms with Gasteiger partial charge >= 0.3 is 53.6 Å². The summed E-state index contributed by atoms with van der Waals surface area (Å²) in [6.45, 7) is 8.00. The van der Waals surface area contributed by atoms with Crippen LogP contribution in [-0.4, -0.2) is 100 Å². The number of alkyl halides is 17. The quantitative estimate of drug-likeness (QED) is 0.0263. The Hall–Kier alpha value is -3.12. The maximum atomic E-state index is 14.9. The average Bonchev–Trinajstić information content (AvgIpc) is 3.13. The molecule has 0 saturated heterocycles. The Balaban J connectivity index is 3.13. The van der Waals surface area contributed by atoms with Gasteiger partial charge in [-0.1, -0.05) is 52.0 Å². The van der Waals surface area contributed by atoms with Gasteiger partial charge in [-0.15, -0.1) is 0 Å². The van der Waals surface area contributed by atoms with Gasteiger partial charge in [0.25, 0.3) is 0 Å². The van der Waals surface area contributed by atoms with Gasteiger partial charge in [0, 0.05) is 19.6 Å². The van der Waals surface area contributed by atoms with Crippen molar-refractivity contribution in [3.8, 4) is 5.75 Å². The summed E-state index contributed by atoms with van der Waals surface area (Å²) in [5.41, 5.74) is -0.699. The van der Waals surface area contributed by atoms with Crippen molar-refractivity contribution in [2.75, 3.05) is 26.9 Å². The zero-order valence-electron chi connectivity index (χ0n) is 33.7. The smallest absolute Gasteiger partial charge is 0.460 e. The summed E-state index contributed by atoms with van der Waals surface area (Å²) < 4.78 is 256. The van der Waals surface area contributed by atoms with Crippen LogP contribution in [0.5, 0.6) is 5.75 Å². The lowest BCUT2D eigenvalue weighted by Crippen LogP contribution is -2.74. The summed E-state index contributed by atoms with van der Waals surface area (Å²) in [5.74, 6) is -57.1. The van der Waals surface area contributed by atoms with E-state index in [0.29, 0.717) is 24.0 Å². The molecular formula is C37H47F17O6Si. The van der Waals surface area contributed by atoms with Crippen molar-refractivity contribution in [1.82, 2.24) is 0 Å². The van der Waals surface area contributed by atoms with Gasteiger partial charge in [-0.05, 0) is 67.1 Å². The maximum Gasteiger partial charge on any atom is 0.460 e. The van der Waals surface area contributed by atoms with Gasteiger partial charge in [-0.3, -0.25) is 0 Å². The largest absolute Gasteiger partial charge is 0.491 e. The van der Waals surface area contributed by atoms with Crippen molar-refractivity contribution in [2.45, 2.75) is 138 Å². The number of carbonyl (C=O) groups excluding carboxylic acids is 1. The predicted molar refractivity (Wildman–Crippen MR) is 188 cm³/mol. The number of halogens is 17. The van der Waals surface area contributed by atoms with Crippen molar-refractivity contribution in [1.29, 1.82) is 0 Å². The van der Waals surface area contributed by atoms with Crippen LogP contribution in [0.2, 0.25) is 17.1 Å². The molecule has 6 nitrogen and oxygen atoms in total. The Kier molecular flexibility index (Phi) is 18.9. The highest BCUT2D eigenvalue weighted by molar-refractivity contribution is 6.76. The Morgan fingerprint density at radius 1 is 0.738 bits per heavy atom. The van der Waals surface area contributed by atoms with Crippen LogP contribution < -0.4 is 4.74 Å². The number of hydrogen-bond acceptors (Lipinski definition) is 6. The molecule has 354 valence electrons. The lowest BCUT2D eigenvalue weighted by molar-refractivity contribution is -0.461. The molecule has 0 aliphatic rings. The first-order valence-electron chi connectivity index (χ1n) is 18.3. The molecule has 0 fully saturated rings. The lowest BCUT2D eigenvalue weighted by Gasteiger charge is -2.44. The minimum Gasteiger partial charge on any atom is -0.491 e. The van der Waals surface area contributed by atoms with E-state index in [1.54, 1.807) is 26.0 Å². The molecule has 1 rings (SSSR count). The standard InChI is InChI=1S/C37H47F17O6Si/c1-8-58-28(55)21-24(6)11-9-10-12-27(57-7)29(56)25-13-15-26(16-14-25)59-18-19-60-61(22(2)3,23(4)5)20-17-30(38,39)31(40,41)32(42,43)33(44,45)34(46,47)35(48,49)36(50,51)37(52,53)54/h9,11,13-16,21-23,27,29,56H,8,10,12,17-20H2,1-7H3/b11-9+,24-21+/t27-,29-/m1/s1. The number of esters is 1. The number of methoxy groups -OCH3 is 1. The van der Waals surface area contributed by atoms with E-state index in [0.717, 1.165) is 0 Å². The van der Waals surface area contributed by atoms with Gasteiger partial charge in [-0.25, -0.2) is 4.79 Å². The Bertz CT molecular complexity index is 1610. The molecule has 0 aromatic heterocycles. The first-order valence-corrected chi connectivity index (χ1v) is 20.6. The predicted octanol–water partition coefficient (Wildman–Crippen LogP) is 12.1. The highest BCUT2D eigenvalue weighted by atomic mass is 28.4. The third-order valence-corrected chi connectivity index (χ3v) is 15.5. The molecule has 0 spiro atoms. The van der Waals surface area contributed by atoms with E-state index in [2.05, 4.69) is 0 Å². The number of aliphatic hydroxyl groups is 1. The summed E-state index contributed by atoms with van der Waals surface area (Å²) >= 11 is 0. The molecule has 0 saturated carbocycles. The number of hydrogen-bond donors (Lipinski definition) is 1. The molecule has 0 bridgehead atoms. The molecule has 2 atom stereocenters. The summed E-state index contributed by atoms with van der Waals surface area (Å²) in [4.78, 5) is 11.5. The average molecular weight is 939 g/mol.